The van der Waals surface area contributed by atoms with Crippen LogP contribution in [0.3, 0.4) is 0 Å². The Balaban J connectivity index is 2.27. The molecule has 4 nitrogen and oxygen atoms in total. The number of carbonyl (C=O) groups is 2. The van der Waals surface area contributed by atoms with Gasteiger partial charge in [0.05, 0.1) is 44.2 Å². The van der Waals surface area contributed by atoms with Gasteiger partial charge in [-0.25, -0.2) is 13.2 Å². The van der Waals surface area contributed by atoms with E-state index in [0.717, 1.165) is 30.3 Å². The lowest BCUT2D eigenvalue weighted by atomic mass is 9.92. The van der Waals surface area contributed by atoms with Crippen molar-refractivity contribution >= 4 is 64.4 Å². The fourth-order valence-corrected chi connectivity index (χ4v) is 4.01. The maximum Gasteiger partial charge on any atom is 0.401 e. The van der Waals surface area contributed by atoms with E-state index in [1.807, 2.05) is 5.32 Å². The average Bonchev–Trinajstić information content (AvgIpc) is 2.78. The summed E-state index contributed by atoms with van der Waals surface area (Å²) in [4.78, 5) is 23.5. The van der Waals surface area contributed by atoms with Crippen LogP contribution in [0, 0.1) is 0 Å². The summed E-state index contributed by atoms with van der Waals surface area (Å²) in [5.74, 6) is -7.29. The van der Waals surface area contributed by atoms with Crippen molar-refractivity contribution in [3.63, 3.8) is 0 Å². The van der Waals surface area contributed by atoms with Crippen LogP contribution in [0.2, 0.25) is 20.1 Å². The topological polar surface area (TPSA) is 58.2 Å². The third-order valence-corrected chi connectivity index (χ3v) is 6.39. The smallest absolute Gasteiger partial charge is 0.341 e. The normalized spacial score (nSPS) is 14.3. The molecule has 0 aliphatic carbocycles. The number of allylic oxidation sites excluding steroid dienone is 1. The standard InChI is InChI=1S/C23H18Cl4F6N2O2/c1-22(29,30)15(12-5-17(25)20(27)18(26)6-12)7-19(28)11-2-3-14(16(24)4-11)21(37)35-13(9-36)8-34-10-23(31,32)33/h2-7,9,13,15,34H,8,10H2,1H3,(H,35,37)/b19-7-. The van der Waals surface area contributed by atoms with Gasteiger partial charge in [0.2, 0.25) is 0 Å². The Labute approximate surface area is 227 Å². The van der Waals surface area contributed by atoms with E-state index in [1.165, 1.54) is 0 Å². The molecule has 0 aliphatic heterocycles. The molecule has 0 saturated heterocycles. The highest BCUT2D eigenvalue weighted by Crippen LogP contribution is 2.41. The van der Waals surface area contributed by atoms with E-state index in [9.17, 15) is 31.5 Å². The largest absolute Gasteiger partial charge is 0.401 e. The summed E-state index contributed by atoms with van der Waals surface area (Å²) >= 11 is 23.8. The first-order chi connectivity index (χ1) is 17.0. The quantitative estimate of drug-likeness (QED) is 0.167. The molecule has 0 saturated carbocycles. The molecule has 0 radical (unpaired) electrons. The zero-order valence-electron chi connectivity index (χ0n) is 18.7. The van der Waals surface area contributed by atoms with E-state index < -0.39 is 48.9 Å². The molecular weight excluding hydrogens is 592 g/mol. The summed E-state index contributed by atoms with van der Waals surface area (Å²) in [5, 5.41) is 3.60. The highest BCUT2D eigenvalue weighted by molar-refractivity contribution is 6.48. The first kappa shape index (κ1) is 31.2. The maximum absolute atomic E-state index is 15.0. The third kappa shape index (κ3) is 9.07. The van der Waals surface area contributed by atoms with E-state index in [0.29, 0.717) is 13.0 Å². The van der Waals surface area contributed by atoms with Crippen molar-refractivity contribution in [2.75, 3.05) is 13.1 Å². The van der Waals surface area contributed by atoms with Crippen LogP contribution in [0.5, 0.6) is 0 Å². The van der Waals surface area contributed by atoms with Crippen molar-refractivity contribution in [1.29, 1.82) is 0 Å². The molecule has 14 heteroatoms. The summed E-state index contributed by atoms with van der Waals surface area (Å²) in [6.07, 6.45) is -3.65. The molecule has 2 atom stereocenters. The molecule has 0 aromatic heterocycles. The first-order valence-electron chi connectivity index (χ1n) is 10.3. The molecule has 37 heavy (non-hydrogen) atoms. The van der Waals surface area contributed by atoms with Crippen molar-refractivity contribution in [3.05, 3.63) is 73.2 Å². The Morgan fingerprint density at radius 1 is 1.00 bits per heavy atom. The molecule has 2 rings (SSSR count). The van der Waals surface area contributed by atoms with Gasteiger partial charge in [-0.3, -0.25) is 4.79 Å². The van der Waals surface area contributed by atoms with Crippen LogP contribution >= 0.6 is 46.4 Å². The van der Waals surface area contributed by atoms with Crippen LogP contribution < -0.4 is 10.6 Å². The molecule has 0 spiro atoms. The van der Waals surface area contributed by atoms with E-state index >= 15 is 4.39 Å². The minimum absolute atomic E-state index is 0.0525. The van der Waals surface area contributed by atoms with Gasteiger partial charge in [-0.2, -0.15) is 13.2 Å². The lowest BCUT2D eigenvalue weighted by molar-refractivity contribution is -0.125. The highest BCUT2D eigenvalue weighted by atomic mass is 35.5. The number of amides is 1. The number of nitrogens with one attached hydrogen (secondary N) is 2. The number of rotatable bonds is 10. The van der Waals surface area contributed by atoms with Gasteiger partial charge in [-0.05, 0) is 35.9 Å². The van der Waals surface area contributed by atoms with Gasteiger partial charge in [0.25, 0.3) is 11.8 Å². The van der Waals surface area contributed by atoms with Crippen LogP contribution in [-0.4, -0.2) is 43.4 Å². The van der Waals surface area contributed by atoms with E-state index in [1.54, 1.807) is 0 Å². The Hall–Kier alpha value is -1.98. The zero-order valence-corrected chi connectivity index (χ0v) is 21.7. The van der Waals surface area contributed by atoms with Crippen molar-refractivity contribution in [2.45, 2.75) is 31.0 Å². The Kier molecular flexibility index (Phi) is 10.7. The molecule has 202 valence electrons. The van der Waals surface area contributed by atoms with Crippen LogP contribution in [0.25, 0.3) is 5.83 Å². The predicted octanol–water partition coefficient (Wildman–Crippen LogP) is 7.50. The summed E-state index contributed by atoms with van der Waals surface area (Å²) in [6, 6.07) is 4.10. The number of hydrogen-bond donors (Lipinski definition) is 2. The van der Waals surface area contributed by atoms with Crippen molar-refractivity contribution < 1.29 is 35.9 Å². The molecule has 2 aromatic rings. The van der Waals surface area contributed by atoms with Crippen LogP contribution in [0.1, 0.15) is 34.3 Å². The number of carbonyl (C=O) groups excluding carboxylic acids is 2. The lowest BCUT2D eigenvalue weighted by Gasteiger charge is -2.22. The fourth-order valence-electron chi connectivity index (χ4n) is 3.13. The van der Waals surface area contributed by atoms with Crippen LogP contribution in [0.15, 0.2) is 36.4 Å². The summed E-state index contributed by atoms with van der Waals surface area (Å²) < 4.78 is 80.5. The van der Waals surface area contributed by atoms with Gasteiger partial charge >= 0.3 is 6.18 Å². The molecule has 0 fully saturated rings. The van der Waals surface area contributed by atoms with Gasteiger partial charge in [-0.15, -0.1) is 0 Å². The summed E-state index contributed by atoms with van der Waals surface area (Å²) in [5.41, 5.74) is -0.585. The van der Waals surface area contributed by atoms with Gasteiger partial charge < -0.3 is 15.4 Å². The highest BCUT2D eigenvalue weighted by Gasteiger charge is 2.35. The number of alkyl halides is 5. The second-order valence-electron chi connectivity index (χ2n) is 7.90. The lowest BCUT2D eigenvalue weighted by Crippen LogP contribution is -2.45. The maximum atomic E-state index is 15.0. The number of halogens is 10. The molecule has 2 aromatic carbocycles. The second-order valence-corrected chi connectivity index (χ2v) is 9.50. The second kappa shape index (κ2) is 12.7. The van der Waals surface area contributed by atoms with E-state index in [4.69, 9.17) is 46.4 Å². The van der Waals surface area contributed by atoms with Gasteiger partial charge in [0, 0.05) is 19.0 Å². The average molecular weight is 610 g/mol. The molecule has 2 unspecified atom stereocenters. The summed E-state index contributed by atoms with van der Waals surface area (Å²) in [7, 11) is 0. The van der Waals surface area contributed by atoms with Crippen molar-refractivity contribution in [3.8, 4) is 0 Å². The van der Waals surface area contributed by atoms with Crippen LogP contribution in [0.4, 0.5) is 26.3 Å². The van der Waals surface area contributed by atoms with Gasteiger partial charge in [-0.1, -0.05) is 52.5 Å². The number of hydrogen-bond acceptors (Lipinski definition) is 3. The number of aldehydes is 1. The molecule has 0 heterocycles. The minimum Gasteiger partial charge on any atom is -0.341 e. The van der Waals surface area contributed by atoms with E-state index in [2.05, 4.69) is 5.32 Å². The Morgan fingerprint density at radius 2 is 1.59 bits per heavy atom. The minimum atomic E-state index is -4.51. The molecule has 0 aliphatic rings. The first-order valence-corrected chi connectivity index (χ1v) is 11.8. The monoisotopic (exact) mass is 608 g/mol. The van der Waals surface area contributed by atoms with Gasteiger partial charge in [0.15, 0.2) is 0 Å². The van der Waals surface area contributed by atoms with E-state index in [-0.39, 0.29) is 43.1 Å². The van der Waals surface area contributed by atoms with Crippen molar-refractivity contribution in [1.82, 2.24) is 10.6 Å². The Bertz CT molecular complexity index is 1160. The predicted molar refractivity (Wildman–Crippen MR) is 132 cm³/mol. The summed E-state index contributed by atoms with van der Waals surface area (Å²) in [6.45, 7) is -1.31. The molecule has 1 amide bonds. The van der Waals surface area contributed by atoms with Gasteiger partial charge in [0.1, 0.15) is 12.1 Å². The number of benzene rings is 2. The van der Waals surface area contributed by atoms with Crippen molar-refractivity contribution in [2.24, 2.45) is 0 Å². The zero-order chi connectivity index (χ0) is 28.1. The van der Waals surface area contributed by atoms with Crippen LogP contribution in [-0.2, 0) is 4.79 Å². The third-order valence-electron chi connectivity index (χ3n) is 4.88. The Morgan fingerprint density at radius 3 is 2.08 bits per heavy atom. The molecule has 2 N–H and O–H groups in total. The fraction of sp³-hybridized carbons (Fsp3) is 0.304. The molecule has 0 bridgehead atoms. The SMILES string of the molecule is CC(F)(F)C(/C=C(\F)c1ccc(C(=O)NC(C=O)CNCC(F)(F)F)c(Cl)c1)c1cc(Cl)c(Cl)c(Cl)c1. The molecular formula is C23H18Cl4F6N2O2.